The van der Waals surface area contributed by atoms with Crippen molar-refractivity contribution in [3.8, 4) is 17.2 Å². The maximum atomic E-state index is 5.85. The number of methoxy groups -OCH3 is 1. The second-order valence-corrected chi connectivity index (χ2v) is 5.36. The first-order valence-corrected chi connectivity index (χ1v) is 7.46. The molecule has 0 bridgehead atoms. The van der Waals surface area contributed by atoms with E-state index < -0.39 is 0 Å². The number of rotatable bonds is 5. The minimum absolute atomic E-state index is 0.345. The Morgan fingerprint density at radius 3 is 2.64 bits per heavy atom. The second-order valence-electron chi connectivity index (χ2n) is 5.36. The minimum Gasteiger partial charge on any atom is -0.497 e. The number of hydrogen-bond donors (Lipinski definition) is 1. The zero-order valence-corrected chi connectivity index (χ0v) is 12.7. The van der Waals surface area contributed by atoms with Crippen molar-refractivity contribution in [2.45, 2.75) is 18.9 Å². The Kier molecular flexibility index (Phi) is 4.39. The van der Waals surface area contributed by atoms with Crippen molar-refractivity contribution in [2.75, 3.05) is 13.7 Å². The van der Waals surface area contributed by atoms with Gasteiger partial charge in [-0.1, -0.05) is 6.58 Å². The number of aromatic nitrogens is 1. The molecule has 2 heterocycles. The van der Waals surface area contributed by atoms with Crippen molar-refractivity contribution < 1.29 is 9.47 Å². The third-order valence-electron chi connectivity index (χ3n) is 3.86. The van der Waals surface area contributed by atoms with Gasteiger partial charge in [-0.2, -0.15) is 0 Å². The van der Waals surface area contributed by atoms with E-state index in [2.05, 4.69) is 16.9 Å². The van der Waals surface area contributed by atoms with E-state index in [1.165, 1.54) is 6.42 Å². The van der Waals surface area contributed by atoms with Gasteiger partial charge in [0, 0.05) is 17.8 Å². The van der Waals surface area contributed by atoms with Gasteiger partial charge >= 0.3 is 0 Å². The molecule has 0 saturated carbocycles. The molecule has 1 N–H and O–H groups in total. The van der Waals surface area contributed by atoms with Crippen LogP contribution in [0.25, 0.3) is 5.57 Å². The first kappa shape index (κ1) is 14.6. The van der Waals surface area contributed by atoms with Gasteiger partial charge in [-0.25, -0.2) is 0 Å². The zero-order valence-electron chi connectivity index (χ0n) is 12.7. The van der Waals surface area contributed by atoms with Crippen LogP contribution in [0.1, 0.15) is 18.4 Å². The van der Waals surface area contributed by atoms with Gasteiger partial charge < -0.3 is 14.8 Å². The summed E-state index contributed by atoms with van der Waals surface area (Å²) in [6.45, 7) is 5.26. The molecule has 1 unspecified atom stereocenters. The molecular weight excluding hydrogens is 276 g/mol. The second kappa shape index (κ2) is 6.62. The van der Waals surface area contributed by atoms with E-state index in [-0.39, 0.29) is 0 Å². The summed E-state index contributed by atoms with van der Waals surface area (Å²) in [6, 6.07) is 9.82. The topological polar surface area (TPSA) is 43.4 Å². The van der Waals surface area contributed by atoms with Gasteiger partial charge in [-0.3, -0.25) is 4.98 Å². The van der Waals surface area contributed by atoms with E-state index in [1.807, 2.05) is 36.5 Å². The van der Waals surface area contributed by atoms with Gasteiger partial charge in [0.15, 0.2) is 0 Å². The molecule has 22 heavy (non-hydrogen) atoms. The summed E-state index contributed by atoms with van der Waals surface area (Å²) in [4.78, 5) is 4.27. The lowest BCUT2D eigenvalue weighted by molar-refractivity contribution is 0.412. The fourth-order valence-corrected chi connectivity index (χ4v) is 2.61. The minimum atomic E-state index is 0.345. The van der Waals surface area contributed by atoms with Crippen molar-refractivity contribution in [3.63, 3.8) is 0 Å². The Balaban J connectivity index is 1.74. The summed E-state index contributed by atoms with van der Waals surface area (Å²) in [5.74, 6) is 2.27. The largest absolute Gasteiger partial charge is 0.497 e. The lowest BCUT2D eigenvalue weighted by atomic mass is 10.0. The predicted molar refractivity (Wildman–Crippen MR) is 87.4 cm³/mol. The Bertz CT molecular complexity index is 646. The molecule has 114 valence electrons. The molecule has 1 aromatic heterocycles. The molecule has 1 atom stereocenters. The first-order valence-electron chi connectivity index (χ1n) is 7.46. The van der Waals surface area contributed by atoms with Gasteiger partial charge in [0.05, 0.1) is 13.3 Å². The standard InChI is InChI=1S/C18H20N2O2/c1-13(18-4-3-9-20-18)14-10-17(12-19-11-14)22-16-7-5-15(21-2)6-8-16/h5-8,10-12,18,20H,1,3-4,9H2,2H3. The molecular formula is C18H20N2O2. The lowest BCUT2D eigenvalue weighted by Crippen LogP contribution is -2.22. The van der Waals surface area contributed by atoms with Crippen molar-refractivity contribution in [3.05, 3.63) is 54.9 Å². The van der Waals surface area contributed by atoms with Crippen LogP contribution in [0.15, 0.2) is 49.3 Å². The van der Waals surface area contributed by atoms with Crippen LogP contribution >= 0.6 is 0 Å². The van der Waals surface area contributed by atoms with Gasteiger partial charge in [0.25, 0.3) is 0 Å². The summed E-state index contributed by atoms with van der Waals surface area (Å²) in [7, 11) is 1.64. The van der Waals surface area contributed by atoms with Gasteiger partial charge in [0.2, 0.25) is 0 Å². The highest BCUT2D eigenvalue weighted by Crippen LogP contribution is 2.27. The summed E-state index contributed by atoms with van der Waals surface area (Å²) in [6.07, 6.45) is 5.87. The van der Waals surface area contributed by atoms with Crippen LogP contribution in [0, 0.1) is 0 Å². The van der Waals surface area contributed by atoms with E-state index in [1.54, 1.807) is 13.3 Å². The van der Waals surface area contributed by atoms with Gasteiger partial charge in [-0.05, 0) is 55.3 Å². The molecule has 1 fully saturated rings. The molecule has 4 nitrogen and oxygen atoms in total. The van der Waals surface area contributed by atoms with Crippen molar-refractivity contribution in [1.82, 2.24) is 10.3 Å². The third-order valence-corrected chi connectivity index (χ3v) is 3.86. The van der Waals surface area contributed by atoms with Crippen LogP contribution < -0.4 is 14.8 Å². The first-order chi connectivity index (χ1) is 10.8. The highest BCUT2D eigenvalue weighted by atomic mass is 16.5. The Morgan fingerprint density at radius 2 is 1.95 bits per heavy atom. The van der Waals surface area contributed by atoms with Crippen LogP contribution in [-0.4, -0.2) is 24.7 Å². The highest BCUT2D eigenvalue weighted by molar-refractivity contribution is 5.68. The molecule has 2 aromatic rings. The predicted octanol–water partition coefficient (Wildman–Crippen LogP) is 3.65. The summed E-state index contributed by atoms with van der Waals surface area (Å²) in [5.41, 5.74) is 2.09. The molecule has 0 amide bonds. The molecule has 3 rings (SSSR count). The van der Waals surface area contributed by atoms with Crippen molar-refractivity contribution >= 4 is 5.57 Å². The Labute approximate surface area is 130 Å². The van der Waals surface area contributed by atoms with Crippen molar-refractivity contribution in [2.24, 2.45) is 0 Å². The van der Waals surface area contributed by atoms with Crippen LogP contribution in [0.2, 0.25) is 0 Å². The smallest absolute Gasteiger partial charge is 0.146 e. The average Bonchev–Trinajstić information content (AvgIpc) is 3.09. The summed E-state index contributed by atoms with van der Waals surface area (Å²) < 4.78 is 11.0. The van der Waals surface area contributed by atoms with Gasteiger partial charge in [0.1, 0.15) is 17.2 Å². The molecule has 4 heteroatoms. The summed E-state index contributed by atoms with van der Waals surface area (Å²) >= 11 is 0. The van der Waals surface area contributed by atoms with Crippen LogP contribution in [0.5, 0.6) is 17.2 Å². The highest BCUT2D eigenvalue weighted by Gasteiger charge is 2.18. The summed E-state index contributed by atoms with van der Waals surface area (Å²) in [5, 5.41) is 3.45. The Morgan fingerprint density at radius 1 is 1.18 bits per heavy atom. The number of pyridine rings is 1. The lowest BCUT2D eigenvalue weighted by Gasteiger charge is -2.14. The molecule has 1 saturated heterocycles. The number of ether oxygens (including phenoxy) is 2. The monoisotopic (exact) mass is 296 g/mol. The number of benzene rings is 1. The maximum Gasteiger partial charge on any atom is 0.146 e. The van der Waals surface area contributed by atoms with Crippen LogP contribution in [0.4, 0.5) is 0 Å². The fraction of sp³-hybridized carbons (Fsp3) is 0.278. The fourth-order valence-electron chi connectivity index (χ4n) is 2.61. The van der Waals surface area contributed by atoms with E-state index in [0.717, 1.165) is 35.6 Å². The normalized spacial score (nSPS) is 17.2. The number of nitrogens with zero attached hydrogens (tertiary/aromatic N) is 1. The van der Waals surface area contributed by atoms with Crippen molar-refractivity contribution in [1.29, 1.82) is 0 Å². The molecule has 1 aliphatic heterocycles. The zero-order chi connectivity index (χ0) is 15.4. The molecule has 0 radical (unpaired) electrons. The maximum absolute atomic E-state index is 5.85. The molecule has 1 aromatic carbocycles. The number of hydrogen-bond acceptors (Lipinski definition) is 4. The van der Waals surface area contributed by atoms with Gasteiger partial charge in [-0.15, -0.1) is 0 Å². The van der Waals surface area contributed by atoms with E-state index in [9.17, 15) is 0 Å². The number of nitrogens with one attached hydrogen (secondary N) is 1. The van der Waals surface area contributed by atoms with E-state index >= 15 is 0 Å². The molecule has 0 spiro atoms. The molecule has 1 aliphatic rings. The molecule has 0 aliphatic carbocycles. The average molecular weight is 296 g/mol. The van der Waals surface area contributed by atoms with E-state index in [0.29, 0.717) is 11.8 Å². The third kappa shape index (κ3) is 3.28. The SMILES string of the molecule is C=C(c1cncc(Oc2ccc(OC)cc2)c1)C1CCCN1. The Hall–Kier alpha value is -2.33. The van der Waals surface area contributed by atoms with Crippen LogP contribution in [0.3, 0.4) is 0 Å². The quantitative estimate of drug-likeness (QED) is 0.914. The van der Waals surface area contributed by atoms with Crippen LogP contribution in [-0.2, 0) is 0 Å². The van der Waals surface area contributed by atoms with E-state index in [4.69, 9.17) is 9.47 Å².